The van der Waals surface area contributed by atoms with Crippen LogP contribution in [0.3, 0.4) is 0 Å². The highest BCUT2D eigenvalue weighted by atomic mass is 16.6. The minimum Gasteiger partial charge on any atom is -0.394 e. The molecule has 1 fully saturated rings. The molecule has 0 saturated carbocycles. The average molecular weight is 178 g/mol. The summed E-state index contributed by atoms with van der Waals surface area (Å²) in [6.07, 6.45) is -2.87. The summed E-state index contributed by atoms with van der Waals surface area (Å²) in [4.78, 5) is 0. The Balaban J connectivity index is 2.51. The largest absolute Gasteiger partial charge is 0.394 e. The number of hydrogen-bond acceptors (Lipinski definition) is 5. The Bertz CT molecular complexity index is 128. The lowest BCUT2D eigenvalue weighted by Crippen LogP contribution is -2.50. The van der Waals surface area contributed by atoms with Crippen LogP contribution < -0.4 is 0 Å². The Morgan fingerprint density at radius 2 is 2.17 bits per heavy atom. The molecule has 1 saturated heterocycles. The molecule has 4 unspecified atom stereocenters. The van der Waals surface area contributed by atoms with Crippen LogP contribution >= 0.6 is 0 Å². The number of rotatable bonds is 2. The number of aliphatic hydroxyl groups is 3. The fraction of sp³-hybridized carbons (Fsp3) is 1.00. The Labute approximate surface area is 70.5 Å². The maximum Gasteiger partial charge on any atom is 0.184 e. The Hall–Kier alpha value is -0.200. The maximum atomic E-state index is 9.36. The smallest absolute Gasteiger partial charge is 0.184 e. The summed E-state index contributed by atoms with van der Waals surface area (Å²) in [7, 11) is 1.39. The summed E-state index contributed by atoms with van der Waals surface area (Å²) in [5.41, 5.74) is 0. The van der Waals surface area contributed by atoms with Gasteiger partial charge in [0.1, 0.15) is 6.10 Å². The second kappa shape index (κ2) is 4.15. The molecule has 0 aromatic heterocycles. The van der Waals surface area contributed by atoms with Crippen LogP contribution in [0.4, 0.5) is 0 Å². The van der Waals surface area contributed by atoms with Crippen LogP contribution in [-0.2, 0) is 9.47 Å². The number of ether oxygens (including phenoxy) is 2. The van der Waals surface area contributed by atoms with Crippen molar-refractivity contribution in [2.45, 2.75) is 31.0 Å². The van der Waals surface area contributed by atoms with Gasteiger partial charge in [0.2, 0.25) is 0 Å². The zero-order valence-corrected chi connectivity index (χ0v) is 6.88. The van der Waals surface area contributed by atoms with E-state index in [-0.39, 0.29) is 13.0 Å². The minimum absolute atomic E-state index is 0.204. The van der Waals surface area contributed by atoms with Crippen molar-refractivity contribution in [2.75, 3.05) is 13.7 Å². The lowest BCUT2D eigenvalue weighted by molar-refractivity contribution is -0.258. The molecule has 0 aliphatic carbocycles. The minimum atomic E-state index is -1.16. The predicted octanol–water partition coefficient (Wildman–Crippen LogP) is -1.54. The molecule has 0 amide bonds. The Morgan fingerprint density at radius 3 is 2.58 bits per heavy atom. The van der Waals surface area contributed by atoms with Gasteiger partial charge in [-0.15, -0.1) is 0 Å². The summed E-state index contributed by atoms with van der Waals surface area (Å²) in [5, 5.41) is 27.3. The third-order valence-corrected chi connectivity index (χ3v) is 1.97. The van der Waals surface area contributed by atoms with Crippen molar-refractivity contribution in [3.05, 3.63) is 0 Å². The van der Waals surface area contributed by atoms with Crippen LogP contribution in [0.25, 0.3) is 0 Å². The van der Waals surface area contributed by atoms with Crippen LogP contribution in [0.1, 0.15) is 6.42 Å². The highest BCUT2D eigenvalue weighted by molar-refractivity contribution is 4.80. The number of methoxy groups -OCH3 is 1. The van der Waals surface area contributed by atoms with E-state index in [0.29, 0.717) is 0 Å². The van der Waals surface area contributed by atoms with Crippen molar-refractivity contribution in [1.29, 1.82) is 0 Å². The number of aliphatic hydroxyl groups excluding tert-OH is 3. The van der Waals surface area contributed by atoms with E-state index in [1.54, 1.807) is 0 Å². The lowest BCUT2D eigenvalue weighted by Gasteiger charge is -2.35. The van der Waals surface area contributed by atoms with Gasteiger partial charge in [0, 0.05) is 13.5 Å². The monoisotopic (exact) mass is 178 g/mol. The molecule has 12 heavy (non-hydrogen) atoms. The highest BCUT2D eigenvalue weighted by Gasteiger charge is 2.36. The van der Waals surface area contributed by atoms with Crippen molar-refractivity contribution in [3.63, 3.8) is 0 Å². The first kappa shape index (κ1) is 9.88. The molecule has 3 N–H and O–H groups in total. The van der Waals surface area contributed by atoms with E-state index in [9.17, 15) is 10.2 Å². The molecule has 5 nitrogen and oxygen atoms in total. The molecule has 0 spiro atoms. The molecule has 0 aromatic rings. The standard InChI is InChI=1S/C7H14O5/c1-11-6-5(9)2-4(3-8)12-7(6)10/h4-10H,2-3H2,1H3. The zero-order chi connectivity index (χ0) is 9.14. The van der Waals surface area contributed by atoms with Gasteiger partial charge in [-0.3, -0.25) is 0 Å². The molecule has 1 heterocycles. The molecule has 0 aromatic carbocycles. The summed E-state index contributed by atoms with van der Waals surface area (Å²) in [6.45, 7) is -0.204. The summed E-state index contributed by atoms with van der Waals surface area (Å²) in [5.74, 6) is 0. The first-order valence-electron chi connectivity index (χ1n) is 3.84. The van der Waals surface area contributed by atoms with E-state index in [1.807, 2.05) is 0 Å². The van der Waals surface area contributed by atoms with Crippen molar-refractivity contribution >= 4 is 0 Å². The third-order valence-electron chi connectivity index (χ3n) is 1.97. The van der Waals surface area contributed by atoms with Crippen molar-refractivity contribution in [2.24, 2.45) is 0 Å². The second-order valence-corrected chi connectivity index (χ2v) is 2.83. The van der Waals surface area contributed by atoms with Crippen molar-refractivity contribution in [3.8, 4) is 0 Å². The summed E-state index contributed by atoms with van der Waals surface area (Å²) in [6, 6.07) is 0. The summed E-state index contributed by atoms with van der Waals surface area (Å²) >= 11 is 0. The van der Waals surface area contributed by atoms with Crippen LogP contribution in [0, 0.1) is 0 Å². The first-order chi connectivity index (χ1) is 5.69. The normalized spacial score (nSPS) is 43.0. The van der Waals surface area contributed by atoms with E-state index in [4.69, 9.17) is 14.6 Å². The van der Waals surface area contributed by atoms with Gasteiger partial charge in [0.05, 0.1) is 18.8 Å². The molecule has 72 valence electrons. The lowest BCUT2D eigenvalue weighted by atomic mass is 10.0. The number of hydrogen-bond donors (Lipinski definition) is 3. The SMILES string of the molecule is COC1C(O)CC(CO)OC1O. The molecule has 0 bridgehead atoms. The van der Waals surface area contributed by atoms with Gasteiger partial charge in [-0.1, -0.05) is 0 Å². The Morgan fingerprint density at radius 1 is 1.50 bits per heavy atom. The van der Waals surface area contributed by atoms with E-state index >= 15 is 0 Å². The molecular formula is C7H14O5. The molecule has 0 radical (unpaired) electrons. The first-order valence-corrected chi connectivity index (χ1v) is 3.84. The predicted molar refractivity (Wildman–Crippen MR) is 39.4 cm³/mol. The fourth-order valence-electron chi connectivity index (χ4n) is 1.31. The average Bonchev–Trinajstić information content (AvgIpc) is 2.03. The van der Waals surface area contributed by atoms with Crippen molar-refractivity contribution < 1.29 is 24.8 Å². The van der Waals surface area contributed by atoms with Gasteiger partial charge >= 0.3 is 0 Å². The van der Waals surface area contributed by atoms with Gasteiger partial charge in [-0.25, -0.2) is 0 Å². The second-order valence-electron chi connectivity index (χ2n) is 2.83. The van der Waals surface area contributed by atoms with E-state index < -0.39 is 24.6 Å². The molecule has 1 aliphatic rings. The van der Waals surface area contributed by atoms with Crippen LogP contribution in [0.2, 0.25) is 0 Å². The molecule has 1 rings (SSSR count). The fourth-order valence-corrected chi connectivity index (χ4v) is 1.31. The molecule has 4 atom stereocenters. The van der Waals surface area contributed by atoms with Gasteiger partial charge in [0.15, 0.2) is 6.29 Å². The quantitative estimate of drug-likeness (QED) is 0.477. The van der Waals surface area contributed by atoms with Gasteiger partial charge < -0.3 is 24.8 Å². The van der Waals surface area contributed by atoms with Gasteiger partial charge in [0.25, 0.3) is 0 Å². The van der Waals surface area contributed by atoms with Crippen molar-refractivity contribution in [1.82, 2.24) is 0 Å². The van der Waals surface area contributed by atoms with Crippen LogP contribution in [0.15, 0.2) is 0 Å². The zero-order valence-electron chi connectivity index (χ0n) is 6.88. The summed E-state index contributed by atoms with van der Waals surface area (Å²) < 4.78 is 9.73. The molecule has 5 heteroatoms. The van der Waals surface area contributed by atoms with Gasteiger partial charge in [-0.2, -0.15) is 0 Å². The topological polar surface area (TPSA) is 79.2 Å². The molecular weight excluding hydrogens is 164 g/mol. The van der Waals surface area contributed by atoms with Crippen LogP contribution in [0.5, 0.6) is 0 Å². The third kappa shape index (κ3) is 1.94. The van der Waals surface area contributed by atoms with Gasteiger partial charge in [-0.05, 0) is 0 Å². The Kier molecular flexibility index (Phi) is 3.42. The molecule has 1 aliphatic heterocycles. The van der Waals surface area contributed by atoms with Crippen LogP contribution in [-0.4, -0.2) is 53.6 Å². The van der Waals surface area contributed by atoms with E-state index in [0.717, 1.165) is 0 Å². The highest BCUT2D eigenvalue weighted by Crippen LogP contribution is 2.20. The maximum absolute atomic E-state index is 9.36. The van der Waals surface area contributed by atoms with E-state index in [1.165, 1.54) is 7.11 Å². The van der Waals surface area contributed by atoms with E-state index in [2.05, 4.69) is 0 Å².